The van der Waals surface area contributed by atoms with Crippen LogP contribution in [0, 0.1) is 5.92 Å². The molecule has 0 saturated heterocycles. The Morgan fingerprint density at radius 1 is 1.20 bits per heavy atom. The van der Waals surface area contributed by atoms with Crippen molar-refractivity contribution in [2.24, 2.45) is 11.1 Å². The first-order chi connectivity index (χ1) is 11.8. The second kappa shape index (κ2) is 8.81. The lowest BCUT2D eigenvalue weighted by molar-refractivity contribution is -0.132. The van der Waals surface area contributed by atoms with E-state index in [-0.39, 0.29) is 16.8 Å². The molecule has 2 rings (SSSR count). The first-order valence-electron chi connectivity index (χ1n) is 9.17. The van der Waals surface area contributed by atoms with E-state index in [9.17, 15) is 13.2 Å². The summed E-state index contributed by atoms with van der Waals surface area (Å²) >= 11 is 0. The molecular formula is C19H30N2O3S. The number of hydrogen-bond acceptors (Lipinski definition) is 3. The maximum absolute atomic E-state index is 12.4. The molecule has 0 heterocycles. The molecule has 0 bridgehead atoms. The number of amides is 1. The van der Waals surface area contributed by atoms with Gasteiger partial charge in [-0.3, -0.25) is 4.79 Å². The molecule has 2 N–H and O–H groups in total. The zero-order valence-corrected chi connectivity index (χ0v) is 16.1. The molecule has 1 atom stereocenters. The minimum Gasteiger partial charge on any atom is -0.339 e. The van der Waals surface area contributed by atoms with E-state index in [1.165, 1.54) is 44.2 Å². The standard InChI is InChI=1S/C19H30N2O3S/c1-15(17-11-13-18(14-12-17)25(20,23)24)21(2)19(22)10-6-9-16-7-4-3-5-8-16/h11-16H,3-10H2,1-2H3,(H2,20,23,24). The number of nitrogens with two attached hydrogens (primary N) is 1. The van der Waals surface area contributed by atoms with Crippen molar-refractivity contribution in [3.05, 3.63) is 29.8 Å². The monoisotopic (exact) mass is 366 g/mol. The van der Waals surface area contributed by atoms with Gasteiger partial charge in [-0.1, -0.05) is 44.2 Å². The highest BCUT2D eigenvalue weighted by Crippen LogP contribution is 2.28. The van der Waals surface area contributed by atoms with Crippen LogP contribution in [0.3, 0.4) is 0 Å². The van der Waals surface area contributed by atoms with Gasteiger partial charge >= 0.3 is 0 Å². The summed E-state index contributed by atoms with van der Waals surface area (Å²) in [7, 11) is -1.88. The number of sulfonamides is 1. The lowest BCUT2D eigenvalue weighted by atomic mass is 9.86. The van der Waals surface area contributed by atoms with Gasteiger partial charge in [-0.2, -0.15) is 0 Å². The highest BCUT2D eigenvalue weighted by molar-refractivity contribution is 7.89. The van der Waals surface area contributed by atoms with E-state index >= 15 is 0 Å². The summed E-state index contributed by atoms with van der Waals surface area (Å²) < 4.78 is 22.6. The third-order valence-corrected chi connectivity index (χ3v) is 6.32. The van der Waals surface area contributed by atoms with Gasteiger partial charge in [0.25, 0.3) is 0 Å². The third kappa shape index (κ3) is 5.82. The Hall–Kier alpha value is -1.40. The Bertz CT molecular complexity index is 664. The van der Waals surface area contributed by atoms with Crippen LogP contribution < -0.4 is 5.14 Å². The van der Waals surface area contributed by atoms with E-state index in [0.29, 0.717) is 6.42 Å². The Morgan fingerprint density at radius 2 is 1.80 bits per heavy atom. The minimum absolute atomic E-state index is 0.0879. The normalized spacial score (nSPS) is 17.2. The largest absolute Gasteiger partial charge is 0.339 e. The van der Waals surface area contributed by atoms with Gasteiger partial charge in [-0.15, -0.1) is 0 Å². The van der Waals surface area contributed by atoms with E-state index < -0.39 is 10.0 Å². The summed E-state index contributed by atoms with van der Waals surface area (Å²) in [5, 5.41) is 5.11. The summed E-state index contributed by atoms with van der Waals surface area (Å²) in [6.45, 7) is 1.95. The molecule has 1 fully saturated rings. The van der Waals surface area contributed by atoms with E-state index in [4.69, 9.17) is 5.14 Å². The van der Waals surface area contributed by atoms with Crippen LogP contribution in [0.15, 0.2) is 29.2 Å². The molecule has 0 aromatic heterocycles. The van der Waals surface area contributed by atoms with Gasteiger partial charge in [0.1, 0.15) is 0 Å². The molecule has 1 aromatic rings. The number of carbonyl (C=O) groups excluding carboxylic acids is 1. The lowest BCUT2D eigenvalue weighted by Gasteiger charge is -2.26. The summed E-state index contributed by atoms with van der Waals surface area (Å²) in [5.41, 5.74) is 0.899. The fraction of sp³-hybridized carbons (Fsp3) is 0.632. The maximum atomic E-state index is 12.4. The molecule has 25 heavy (non-hydrogen) atoms. The molecule has 6 heteroatoms. The zero-order valence-electron chi connectivity index (χ0n) is 15.3. The van der Waals surface area contributed by atoms with Crippen molar-refractivity contribution >= 4 is 15.9 Å². The molecule has 1 aliphatic rings. The van der Waals surface area contributed by atoms with Crippen molar-refractivity contribution in [1.29, 1.82) is 0 Å². The summed E-state index contributed by atoms with van der Waals surface area (Å²) in [6.07, 6.45) is 9.34. The van der Waals surface area contributed by atoms with Crippen LogP contribution in [0.1, 0.15) is 69.9 Å². The van der Waals surface area contributed by atoms with Crippen molar-refractivity contribution in [2.75, 3.05) is 7.05 Å². The molecular weight excluding hydrogens is 336 g/mol. The predicted octanol–water partition coefficient (Wildman–Crippen LogP) is 3.60. The highest BCUT2D eigenvalue weighted by atomic mass is 32.2. The van der Waals surface area contributed by atoms with Gasteiger partial charge in [0.2, 0.25) is 15.9 Å². The molecule has 0 spiro atoms. The van der Waals surface area contributed by atoms with Crippen LogP contribution in [0.2, 0.25) is 0 Å². The van der Waals surface area contributed by atoms with Crippen molar-refractivity contribution < 1.29 is 13.2 Å². The zero-order chi connectivity index (χ0) is 18.4. The van der Waals surface area contributed by atoms with E-state index in [2.05, 4.69) is 0 Å². The average Bonchev–Trinajstić information content (AvgIpc) is 2.60. The van der Waals surface area contributed by atoms with Gasteiger partial charge in [-0.25, -0.2) is 13.6 Å². The van der Waals surface area contributed by atoms with E-state index in [1.807, 2.05) is 6.92 Å². The molecule has 1 amide bonds. The van der Waals surface area contributed by atoms with Crippen molar-refractivity contribution in [2.45, 2.75) is 69.2 Å². The molecule has 1 saturated carbocycles. The first-order valence-corrected chi connectivity index (χ1v) is 10.7. The Balaban J connectivity index is 1.85. The number of hydrogen-bond donors (Lipinski definition) is 1. The van der Waals surface area contributed by atoms with Crippen LogP contribution in [0.25, 0.3) is 0 Å². The number of benzene rings is 1. The summed E-state index contributed by atoms with van der Waals surface area (Å²) in [4.78, 5) is 14.3. The third-order valence-electron chi connectivity index (χ3n) is 5.39. The second-order valence-electron chi connectivity index (χ2n) is 7.19. The molecule has 1 aliphatic carbocycles. The number of rotatable bonds is 7. The summed E-state index contributed by atoms with van der Waals surface area (Å²) in [6, 6.07) is 6.31. The van der Waals surface area contributed by atoms with Gasteiger partial charge in [0, 0.05) is 13.5 Å². The van der Waals surface area contributed by atoms with Crippen molar-refractivity contribution in [1.82, 2.24) is 4.90 Å². The molecule has 5 nitrogen and oxygen atoms in total. The van der Waals surface area contributed by atoms with Crippen molar-refractivity contribution in [3.8, 4) is 0 Å². The second-order valence-corrected chi connectivity index (χ2v) is 8.75. The van der Waals surface area contributed by atoms with E-state index in [0.717, 1.165) is 24.3 Å². The maximum Gasteiger partial charge on any atom is 0.238 e. The molecule has 1 unspecified atom stereocenters. The summed E-state index contributed by atoms with van der Waals surface area (Å²) in [5.74, 6) is 0.939. The minimum atomic E-state index is -3.69. The Kier molecular flexibility index (Phi) is 7.02. The molecule has 0 radical (unpaired) electrons. The highest BCUT2D eigenvalue weighted by Gasteiger charge is 2.19. The van der Waals surface area contributed by atoms with Crippen molar-refractivity contribution in [3.63, 3.8) is 0 Å². The average molecular weight is 367 g/mol. The van der Waals surface area contributed by atoms with Crippen LogP contribution in [0.4, 0.5) is 0 Å². The van der Waals surface area contributed by atoms with Gasteiger partial charge < -0.3 is 4.90 Å². The number of carbonyl (C=O) groups is 1. The Morgan fingerprint density at radius 3 is 2.36 bits per heavy atom. The topological polar surface area (TPSA) is 80.5 Å². The predicted molar refractivity (Wildman–Crippen MR) is 99.4 cm³/mol. The van der Waals surface area contributed by atoms with Gasteiger partial charge in [-0.05, 0) is 43.4 Å². The number of nitrogens with zero attached hydrogens (tertiary/aromatic N) is 1. The van der Waals surface area contributed by atoms with Gasteiger partial charge in [0.05, 0.1) is 10.9 Å². The fourth-order valence-electron chi connectivity index (χ4n) is 3.57. The Labute approximate surface area is 151 Å². The SMILES string of the molecule is CC(c1ccc(S(N)(=O)=O)cc1)N(C)C(=O)CCCC1CCCCC1. The molecule has 140 valence electrons. The van der Waals surface area contributed by atoms with Crippen LogP contribution in [0.5, 0.6) is 0 Å². The van der Waals surface area contributed by atoms with Crippen LogP contribution >= 0.6 is 0 Å². The van der Waals surface area contributed by atoms with Crippen LogP contribution in [-0.4, -0.2) is 26.3 Å². The lowest BCUT2D eigenvalue weighted by Crippen LogP contribution is -2.29. The van der Waals surface area contributed by atoms with Crippen LogP contribution in [-0.2, 0) is 14.8 Å². The van der Waals surface area contributed by atoms with E-state index in [1.54, 1.807) is 24.1 Å². The number of primary sulfonamides is 1. The smallest absolute Gasteiger partial charge is 0.238 e. The fourth-order valence-corrected chi connectivity index (χ4v) is 4.09. The molecule has 0 aliphatic heterocycles. The quantitative estimate of drug-likeness (QED) is 0.800. The first kappa shape index (κ1) is 19.9. The van der Waals surface area contributed by atoms with Gasteiger partial charge in [0.15, 0.2) is 0 Å². The molecule has 1 aromatic carbocycles.